The van der Waals surface area contributed by atoms with Gasteiger partial charge in [0.15, 0.2) is 0 Å². The van der Waals surface area contributed by atoms with Crippen LogP contribution in [0.5, 0.6) is 0 Å². The lowest BCUT2D eigenvalue weighted by atomic mass is 9.92. The van der Waals surface area contributed by atoms with Crippen LogP contribution in [0.2, 0.25) is 0 Å². The first kappa shape index (κ1) is 35.2. The van der Waals surface area contributed by atoms with Gasteiger partial charge in [0.2, 0.25) is 0 Å². The molecule has 60 heavy (non-hydrogen) atoms. The molecular formula is C58H40N2. The molecule has 11 aromatic rings. The summed E-state index contributed by atoms with van der Waals surface area (Å²) >= 11 is 0. The van der Waals surface area contributed by atoms with Crippen LogP contribution in [0.3, 0.4) is 0 Å². The Morgan fingerprint density at radius 3 is 1.37 bits per heavy atom. The second kappa shape index (κ2) is 15.1. The summed E-state index contributed by atoms with van der Waals surface area (Å²) in [5.74, 6) is 0. The van der Waals surface area contributed by atoms with Crippen LogP contribution < -0.4 is 5.32 Å². The average Bonchev–Trinajstić information content (AvgIpc) is 3.67. The van der Waals surface area contributed by atoms with E-state index >= 15 is 0 Å². The van der Waals surface area contributed by atoms with Crippen molar-refractivity contribution in [2.45, 2.75) is 0 Å². The summed E-state index contributed by atoms with van der Waals surface area (Å²) in [6.45, 7) is 0. The molecule has 0 unspecified atom stereocenters. The van der Waals surface area contributed by atoms with E-state index in [1.54, 1.807) is 0 Å². The number of rotatable bonds is 8. The number of para-hydroxylation sites is 1. The van der Waals surface area contributed by atoms with Crippen molar-refractivity contribution in [1.82, 2.24) is 4.57 Å². The van der Waals surface area contributed by atoms with Crippen molar-refractivity contribution < 1.29 is 0 Å². The molecule has 0 aliphatic rings. The van der Waals surface area contributed by atoms with Gasteiger partial charge in [0.1, 0.15) is 0 Å². The molecule has 282 valence electrons. The van der Waals surface area contributed by atoms with E-state index in [1.165, 1.54) is 88.2 Å². The summed E-state index contributed by atoms with van der Waals surface area (Å²) in [4.78, 5) is 0. The molecule has 0 amide bonds. The number of benzene rings is 10. The number of nitrogens with one attached hydrogen (secondary N) is 1. The van der Waals surface area contributed by atoms with Crippen LogP contribution in [0.4, 0.5) is 11.4 Å². The first-order chi connectivity index (χ1) is 29.7. The molecule has 0 bridgehead atoms. The van der Waals surface area contributed by atoms with E-state index in [0.717, 1.165) is 17.1 Å². The zero-order chi connectivity index (χ0) is 39.8. The third-order valence-electron chi connectivity index (χ3n) is 11.8. The lowest BCUT2D eigenvalue weighted by Gasteiger charge is -2.15. The number of aromatic nitrogens is 1. The highest BCUT2D eigenvalue weighted by Crippen LogP contribution is 2.42. The molecule has 0 saturated heterocycles. The summed E-state index contributed by atoms with van der Waals surface area (Å²) in [5.41, 5.74) is 17.7. The molecular weight excluding hydrogens is 725 g/mol. The second-order valence-electron chi connectivity index (χ2n) is 15.4. The summed E-state index contributed by atoms with van der Waals surface area (Å²) in [5, 5.41) is 8.69. The minimum atomic E-state index is 1.04. The molecule has 0 atom stereocenters. The highest BCUT2D eigenvalue weighted by Gasteiger charge is 2.18. The van der Waals surface area contributed by atoms with Gasteiger partial charge in [-0.15, -0.1) is 0 Å². The Balaban J connectivity index is 0.955. The van der Waals surface area contributed by atoms with Crippen molar-refractivity contribution in [2.75, 3.05) is 5.32 Å². The molecule has 1 aromatic heterocycles. The van der Waals surface area contributed by atoms with Gasteiger partial charge in [0, 0.05) is 33.2 Å². The zero-order valence-electron chi connectivity index (χ0n) is 33.0. The van der Waals surface area contributed by atoms with E-state index in [2.05, 4.69) is 246 Å². The summed E-state index contributed by atoms with van der Waals surface area (Å²) in [6.07, 6.45) is 0. The van der Waals surface area contributed by atoms with Crippen molar-refractivity contribution in [3.63, 3.8) is 0 Å². The molecule has 2 nitrogen and oxygen atoms in total. The van der Waals surface area contributed by atoms with Crippen LogP contribution in [0, 0.1) is 0 Å². The Bertz CT molecular complexity index is 3270. The Kier molecular flexibility index (Phi) is 8.87. The minimum Gasteiger partial charge on any atom is -0.356 e. The van der Waals surface area contributed by atoms with Crippen LogP contribution >= 0.6 is 0 Å². The van der Waals surface area contributed by atoms with Crippen LogP contribution in [0.1, 0.15) is 0 Å². The van der Waals surface area contributed by atoms with E-state index < -0.39 is 0 Å². The molecule has 10 aromatic carbocycles. The van der Waals surface area contributed by atoms with Gasteiger partial charge < -0.3 is 9.88 Å². The third kappa shape index (κ3) is 6.41. The number of hydrogen-bond donors (Lipinski definition) is 1. The maximum atomic E-state index is 3.73. The second-order valence-corrected chi connectivity index (χ2v) is 15.4. The molecule has 2 heteroatoms. The molecule has 0 spiro atoms. The average molecular weight is 765 g/mol. The predicted molar refractivity (Wildman–Crippen MR) is 255 cm³/mol. The fraction of sp³-hybridized carbons (Fsp3) is 0. The SMILES string of the molecule is c1ccc(-c2ccc(-c3cc(Nc4ccc(-c5cc6c7ccccc7n(-c7ccc(-c8ccccc8)cc7)c6c6ccccc56)cc4)ccc3-c3ccccc3)cc2)cc1. The van der Waals surface area contributed by atoms with Crippen molar-refractivity contribution >= 4 is 44.0 Å². The maximum Gasteiger partial charge on any atom is 0.0619 e. The quantitative estimate of drug-likeness (QED) is 0.163. The Hall–Kier alpha value is -7.94. The summed E-state index contributed by atoms with van der Waals surface area (Å²) in [6, 6.07) is 85.3. The van der Waals surface area contributed by atoms with E-state index in [1.807, 2.05) is 0 Å². The lowest BCUT2D eigenvalue weighted by Crippen LogP contribution is -1.95. The largest absolute Gasteiger partial charge is 0.356 e. The molecule has 0 fully saturated rings. The first-order valence-corrected chi connectivity index (χ1v) is 20.6. The molecule has 11 rings (SSSR count). The van der Waals surface area contributed by atoms with Gasteiger partial charge >= 0.3 is 0 Å². The van der Waals surface area contributed by atoms with Gasteiger partial charge in [0.05, 0.1) is 11.0 Å². The predicted octanol–water partition coefficient (Wildman–Crippen LogP) is 16.0. The monoisotopic (exact) mass is 764 g/mol. The number of fused-ring (bicyclic) bond motifs is 5. The summed E-state index contributed by atoms with van der Waals surface area (Å²) in [7, 11) is 0. The van der Waals surface area contributed by atoms with Crippen molar-refractivity contribution in [3.8, 4) is 61.3 Å². The highest BCUT2D eigenvalue weighted by atomic mass is 15.0. The Morgan fingerprint density at radius 2 is 0.717 bits per heavy atom. The van der Waals surface area contributed by atoms with Gasteiger partial charge in [-0.2, -0.15) is 0 Å². The molecule has 1 heterocycles. The van der Waals surface area contributed by atoms with Crippen LogP contribution in [0.15, 0.2) is 237 Å². The van der Waals surface area contributed by atoms with Gasteiger partial charge in [-0.05, 0) is 110 Å². The fourth-order valence-electron chi connectivity index (χ4n) is 8.87. The van der Waals surface area contributed by atoms with E-state index in [9.17, 15) is 0 Å². The van der Waals surface area contributed by atoms with Gasteiger partial charge in [-0.3, -0.25) is 0 Å². The zero-order valence-corrected chi connectivity index (χ0v) is 33.0. The van der Waals surface area contributed by atoms with Gasteiger partial charge in [-0.1, -0.05) is 188 Å². The molecule has 0 aliphatic carbocycles. The lowest BCUT2D eigenvalue weighted by molar-refractivity contribution is 1.19. The van der Waals surface area contributed by atoms with E-state index in [4.69, 9.17) is 0 Å². The van der Waals surface area contributed by atoms with Gasteiger partial charge in [-0.25, -0.2) is 0 Å². The molecule has 0 saturated carbocycles. The minimum absolute atomic E-state index is 1.04. The normalized spacial score (nSPS) is 11.3. The molecule has 1 N–H and O–H groups in total. The fourth-order valence-corrected chi connectivity index (χ4v) is 8.87. The van der Waals surface area contributed by atoms with Crippen LogP contribution in [-0.2, 0) is 0 Å². The van der Waals surface area contributed by atoms with Crippen molar-refractivity contribution in [1.29, 1.82) is 0 Å². The van der Waals surface area contributed by atoms with Crippen molar-refractivity contribution in [3.05, 3.63) is 237 Å². The Morgan fingerprint density at radius 1 is 0.267 bits per heavy atom. The topological polar surface area (TPSA) is 17.0 Å². The molecule has 0 radical (unpaired) electrons. The smallest absolute Gasteiger partial charge is 0.0619 e. The Labute approximate surface area is 350 Å². The van der Waals surface area contributed by atoms with Crippen LogP contribution in [0.25, 0.3) is 93.9 Å². The standard InChI is InChI=1S/C58H40N2/c1-4-14-40(15-5-1)42-24-26-45(27-25-42)54-38-48(34-37-50(54)44-18-8-3-9-19-44)59-47-32-28-46(29-33-47)55-39-56-52-21-12-13-23-57(52)60(58(56)53-22-11-10-20-51(53)55)49-35-30-43(31-36-49)41-16-6-2-7-17-41/h1-39,59H. The summed E-state index contributed by atoms with van der Waals surface area (Å²) < 4.78 is 2.44. The van der Waals surface area contributed by atoms with Crippen LogP contribution in [-0.4, -0.2) is 4.57 Å². The number of anilines is 2. The van der Waals surface area contributed by atoms with Crippen molar-refractivity contribution in [2.24, 2.45) is 0 Å². The highest BCUT2D eigenvalue weighted by molar-refractivity contribution is 6.22. The third-order valence-corrected chi connectivity index (χ3v) is 11.8. The first-order valence-electron chi connectivity index (χ1n) is 20.6. The van der Waals surface area contributed by atoms with E-state index in [-0.39, 0.29) is 0 Å². The molecule has 0 aliphatic heterocycles. The number of nitrogens with zero attached hydrogens (tertiary/aromatic N) is 1. The maximum absolute atomic E-state index is 3.73. The van der Waals surface area contributed by atoms with E-state index in [0.29, 0.717) is 0 Å². The van der Waals surface area contributed by atoms with Gasteiger partial charge in [0.25, 0.3) is 0 Å². The number of hydrogen-bond acceptors (Lipinski definition) is 1.